The van der Waals surface area contributed by atoms with Crippen molar-refractivity contribution < 1.29 is 4.74 Å². The van der Waals surface area contributed by atoms with E-state index in [1.54, 1.807) is 11.3 Å². The van der Waals surface area contributed by atoms with Gasteiger partial charge in [-0.25, -0.2) is 0 Å². The average molecular weight is 384 g/mol. The molecule has 0 saturated heterocycles. The van der Waals surface area contributed by atoms with Gasteiger partial charge in [-0.15, -0.1) is 15.3 Å². The molecular formula is C20H25N5OS. The molecule has 142 valence electrons. The molecule has 2 aliphatic carbocycles. The van der Waals surface area contributed by atoms with Crippen molar-refractivity contribution in [2.24, 2.45) is 5.41 Å². The predicted octanol–water partition coefficient (Wildman–Crippen LogP) is 4.03. The Kier molecular flexibility index (Phi) is 4.16. The number of anilines is 1. The van der Waals surface area contributed by atoms with Crippen LogP contribution < -0.4 is 4.90 Å². The third-order valence-corrected chi connectivity index (χ3v) is 7.18. The summed E-state index contributed by atoms with van der Waals surface area (Å²) in [6.07, 6.45) is 6.65. The van der Waals surface area contributed by atoms with Crippen LogP contribution in [0.1, 0.15) is 39.0 Å². The van der Waals surface area contributed by atoms with Gasteiger partial charge < -0.3 is 9.64 Å². The molecule has 3 heterocycles. The van der Waals surface area contributed by atoms with Crippen LogP contribution >= 0.6 is 11.3 Å². The van der Waals surface area contributed by atoms with Crippen molar-refractivity contribution in [1.29, 1.82) is 0 Å². The van der Waals surface area contributed by atoms with Crippen molar-refractivity contribution in [2.75, 3.05) is 18.6 Å². The molecule has 2 fully saturated rings. The molecule has 2 aliphatic rings. The first kappa shape index (κ1) is 17.1. The first-order valence-electron chi connectivity index (χ1n) is 9.82. The van der Waals surface area contributed by atoms with Crippen molar-refractivity contribution in [1.82, 2.24) is 19.8 Å². The third-order valence-electron chi connectivity index (χ3n) is 6.50. The third kappa shape index (κ3) is 2.59. The van der Waals surface area contributed by atoms with Crippen LogP contribution in [0.4, 0.5) is 5.82 Å². The number of hydrogen-bond acceptors (Lipinski definition) is 6. The van der Waals surface area contributed by atoms with Crippen LogP contribution in [-0.2, 0) is 4.74 Å². The Morgan fingerprint density at radius 2 is 2.11 bits per heavy atom. The van der Waals surface area contributed by atoms with Gasteiger partial charge in [0.05, 0.1) is 6.10 Å². The topological polar surface area (TPSA) is 55.5 Å². The second-order valence-corrected chi connectivity index (χ2v) is 8.52. The maximum absolute atomic E-state index is 6.09. The van der Waals surface area contributed by atoms with E-state index in [1.807, 2.05) is 10.6 Å². The minimum absolute atomic E-state index is 0.296. The first-order chi connectivity index (χ1) is 13.2. The zero-order chi connectivity index (χ0) is 18.4. The van der Waals surface area contributed by atoms with Crippen LogP contribution in [0.15, 0.2) is 29.0 Å². The van der Waals surface area contributed by atoms with Crippen LogP contribution in [0.3, 0.4) is 0 Å². The summed E-state index contributed by atoms with van der Waals surface area (Å²) in [6, 6.07) is 6.63. The fraction of sp³-hybridized carbons (Fsp3) is 0.550. The highest BCUT2D eigenvalue weighted by Crippen LogP contribution is 2.56. The van der Waals surface area contributed by atoms with Gasteiger partial charge in [-0.05, 0) is 49.8 Å². The van der Waals surface area contributed by atoms with E-state index >= 15 is 0 Å². The Hall–Kier alpha value is -1.99. The lowest BCUT2D eigenvalue weighted by molar-refractivity contribution is -0.121. The van der Waals surface area contributed by atoms with E-state index in [0.29, 0.717) is 17.6 Å². The number of aromatic nitrogens is 4. The molecule has 5 rings (SSSR count). The van der Waals surface area contributed by atoms with E-state index in [1.165, 1.54) is 25.7 Å². The van der Waals surface area contributed by atoms with Crippen LogP contribution in [0.25, 0.3) is 17.0 Å². The number of rotatable bonds is 5. The van der Waals surface area contributed by atoms with E-state index in [4.69, 9.17) is 9.84 Å². The fourth-order valence-electron chi connectivity index (χ4n) is 5.09. The molecular weight excluding hydrogens is 358 g/mol. The molecule has 0 N–H and O–H groups in total. The molecule has 2 saturated carbocycles. The lowest BCUT2D eigenvalue weighted by Gasteiger charge is -2.57. The summed E-state index contributed by atoms with van der Waals surface area (Å²) < 4.78 is 7.96. The van der Waals surface area contributed by atoms with Gasteiger partial charge in [0.15, 0.2) is 11.5 Å². The van der Waals surface area contributed by atoms with Gasteiger partial charge in [-0.3, -0.25) is 0 Å². The normalized spacial score (nSPS) is 23.8. The quantitative estimate of drug-likeness (QED) is 0.666. The van der Waals surface area contributed by atoms with Crippen LogP contribution in [0.5, 0.6) is 0 Å². The van der Waals surface area contributed by atoms with Crippen LogP contribution in [0.2, 0.25) is 0 Å². The van der Waals surface area contributed by atoms with Crippen LogP contribution in [-0.4, -0.2) is 45.6 Å². The molecule has 1 spiro atoms. The molecule has 0 radical (unpaired) electrons. The summed E-state index contributed by atoms with van der Waals surface area (Å²) in [7, 11) is 2.18. The predicted molar refractivity (Wildman–Crippen MR) is 107 cm³/mol. The minimum Gasteiger partial charge on any atom is -0.378 e. The van der Waals surface area contributed by atoms with Crippen molar-refractivity contribution >= 4 is 22.8 Å². The molecule has 0 bridgehead atoms. The largest absolute Gasteiger partial charge is 0.378 e. The maximum atomic E-state index is 6.09. The van der Waals surface area contributed by atoms with E-state index < -0.39 is 0 Å². The number of ether oxygens (including phenoxy) is 1. The van der Waals surface area contributed by atoms with Crippen LogP contribution in [0, 0.1) is 5.41 Å². The summed E-state index contributed by atoms with van der Waals surface area (Å²) in [5.74, 6) is 1.78. The van der Waals surface area contributed by atoms with E-state index in [-0.39, 0.29) is 0 Å². The lowest BCUT2D eigenvalue weighted by atomic mass is 9.60. The zero-order valence-electron chi connectivity index (χ0n) is 15.8. The van der Waals surface area contributed by atoms with Crippen molar-refractivity contribution in [2.45, 2.75) is 51.2 Å². The minimum atomic E-state index is 0.296. The fourth-order valence-corrected chi connectivity index (χ4v) is 5.73. The number of hydrogen-bond donors (Lipinski definition) is 0. The second-order valence-electron chi connectivity index (χ2n) is 7.74. The standard InChI is InChI=1S/C20H25N5OS/c1-3-26-16-12-15(20(16)9-4-5-10-20)24(2)18-7-6-17-21-22-19(25(17)23-18)14-8-11-27-13-14/h6-8,11,13,15-16H,3-5,9-10,12H2,1-2H3. The van der Waals surface area contributed by atoms with Gasteiger partial charge >= 0.3 is 0 Å². The summed E-state index contributed by atoms with van der Waals surface area (Å²) in [6.45, 7) is 2.91. The number of thiophene rings is 1. The Balaban J connectivity index is 1.47. The Morgan fingerprint density at radius 1 is 1.26 bits per heavy atom. The molecule has 0 aromatic carbocycles. The smallest absolute Gasteiger partial charge is 0.186 e. The van der Waals surface area contributed by atoms with E-state index in [9.17, 15) is 0 Å². The number of fused-ring (bicyclic) bond motifs is 1. The summed E-state index contributed by atoms with van der Waals surface area (Å²) in [5.41, 5.74) is 2.14. The molecule has 6 nitrogen and oxygen atoms in total. The summed E-state index contributed by atoms with van der Waals surface area (Å²) in [5, 5.41) is 17.7. The highest BCUT2D eigenvalue weighted by Gasteiger charge is 2.58. The molecule has 0 aliphatic heterocycles. The summed E-state index contributed by atoms with van der Waals surface area (Å²) in [4.78, 5) is 2.36. The second kappa shape index (κ2) is 6.56. The van der Waals surface area contributed by atoms with Crippen molar-refractivity contribution in [3.05, 3.63) is 29.0 Å². The molecule has 7 heteroatoms. The van der Waals surface area contributed by atoms with E-state index in [2.05, 4.69) is 52.0 Å². The summed E-state index contributed by atoms with van der Waals surface area (Å²) >= 11 is 1.66. The zero-order valence-corrected chi connectivity index (χ0v) is 16.7. The highest BCUT2D eigenvalue weighted by molar-refractivity contribution is 7.08. The Morgan fingerprint density at radius 3 is 2.85 bits per heavy atom. The highest BCUT2D eigenvalue weighted by atomic mass is 32.1. The number of nitrogens with zero attached hydrogens (tertiary/aromatic N) is 5. The van der Waals surface area contributed by atoms with Gasteiger partial charge in [0.25, 0.3) is 0 Å². The lowest BCUT2D eigenvalue weighted by Crippen LogP contribution is -2.63. The molecule has 2 atom stereocenters. The molecule has 0 amide bonds. The first-order valence-corrected chi connectivity index (χ1v) is 10.8. The van der Waals surface area contributed by atoms with E-state index in [0.717, 1.165) is 35.9 Å². The Bertz CT molecular complexity index is 931. The van der Waals surface area contributed by atoms with Crippen molar-refractivity contribution in [3.63, 3.8) is 0 Å². The molecule has 27 heavy (non-hydrogen) atoms. The maximum Gasteiger partial charge on any atom is 0.186 e. The molecule has 2 unspecified atom stereocenters. The SMILES string of the molecule is CCOC1CC(N(C)c2ccc3nnc(-c4ccsc4)n3n2)C12CCCC2. The van der Waals surface area contributed by atoms with Gasteiger partial charge in [-0.1, -0.05) is 12.8 Å². The van der Waals surface area contributed by atoms with Gasteiger partial charge in [0.2, 0.25) is 0 Å². The van der Waals surface area contributed by atoms with Gasteiger partial charge in [-0.2, -0.15) is 15.9 Å². The average Bonchev–Trinajstić information content (AvgIpc) is 3.43. The monoisotopic (exact) mass is 383 g/mol. The molecule has 3 aromatic rings. The van der Waals surface area contributed by atoms with Gasteiger partial charge in [0, 0.05) is 36.1 Å². The molecule has 3 aromatic heterocycles. The van der Waals surface area contributed by atoms with Gasteiger partial charge in [0.1, 0.15) is 5.82 Å². The Labute approximate surface area is 163 Å². The van der Waals surface area contributed by atoms with Crippen molar-refractivity contribution in [3.8, 4) is 11.4 Å².